The van der Waals surface area contributed by atoms with Crippen LogP contribution in [-0.2, 0) is 13.0 Å². The summed E-state index contributed by atoms with van der Waals surface area (Å²) in [5.74, 6) is 0.866. The van der Waals surface area contributed by atoms with Crippen LogP contribution in [0.5, 0.6) is 5.75 Å². The minimum Gasteiger partial charge on any atom is -0.491 e. The molecule has 5 heteroatoms. The van der Waals surface area contributed by atoms with E-state index in [1.54, 1.807) is 23.7 Å². The minimum atomic E-state index is 0.661. The van der Waals surface area contributed by atoms with E-state index in [0.29, 0.717) is 6.61 Å². The van der Waals surface area contributed by atoms with Crippen molar-refractivity contribution >= 4 is 11.3 Å². The number of aromatic nitrogens is 2. The molecule has 0 atom stereocenters. The third kappa shape index (κ3) is 4.01. The van der Waals surface area contributed by atoms with Gasteiger partial charge in [-0.15, -0.1) is 11.3 Å². The third-order valence-electron chi connectivity index (χ3n) is 2.87. The van der Waals surface area contributed by atoms with Crippen molar-refractivity contribution < 1.29 is 4.74 Å². The van der Waals surface area contributed by atoms with Crippen LogP contribution in [0.15, 0.2) is 24.0 Å². The lowest BCUT2D eigenvalue weighted by molar-refractivity contribution is 0.317. The van der Waals surface area contributed by atoms with E-state index in [2.05, 4.69) is 22.2 Å². The molecule has 0 fully saturated rings. The van der Waals surface area contributed by atoms with E-state index in [-0.39, 0.29) is 0 Å². The van der Waals surface area contributed by atoms with Crippen LogP contribution >= 0.6 is 11.3 Å². The summed E-state index contributed by atoms with van der Waals surface area (Å²) in [5.41, 5.74) is 4.14. The molecule has 2 rings (SSSR count). The van der Waals surface area contributed by atoms with Crippen molar-refractivity contribution in [2.24, 2.45) is 0 Å². The summed E-state index contributed by atoms with van der Waals surface area (Å²) in [5, 5.41) is 3.30. The van der Waals surface area contributed by atoms with Gasteiger partial charge < -0.3 is 10.1 Å². The first-order chi connectivity index (χ1) is 9.31. The topological polar surface area (TPSA) is 47.0 Å². The van der Waals surface area contributed by atoms with E-state index in [0.717, 1.165) is 36.5 Å². The van der Waals surface area contributed by atoms with Crippen LogP contribution in [0.2, 0.25) is 0 Å². The van der Waals surface area contributed by atoms with Gasteiger partial charge in [-0.05, 0) is 19.5 Å². The molecule has 0 aliphatic heterocycles. The Morgan fingerprint density at radius 1 is 1.42 bits per heavy atom. The highest BCUT2D eigenvalue weighted by Gasteiger charge is 2.05. The van der Waals surface area contributed by atoms with Gasteiger partial charge in [-0.25, -0.2) is 4.98 Å². The maximum Gasteiger partial charge on any atom is 0.142 e. The van der Waals surface area contributed by atoms with Crippen molar-refractivity contribution in [1.82, 2.24) is 15.3 Å². The van der Waals surface area contributed by atoms with Crippen molar-refractivity contribution in [3.8, 4) is 5.75 Å². The van der Waals surface area contributed by atoms with Gasteiger partial charge in [0, 0.05) is 29.6 Å². The quantitative estimate of drug-likeness (QED) is 0.845. The molecule has 2 aromatic rings. The fourth-order valence-corrected chi connectivity index (χ4v) is 2.53. The zero-order chi connectivity index (χ0) is 13.5. The van der Waals surface area contributed by atoms with Crippen molar-refractivity contribution in [2.75, 3.05) is 13.2 Å². The molecular weight excluding hydrogens is 258 g/mol. The molecule has 19 heavy (non-hydrogen) atoms. The van der Waals surface area contributed by atoms with Crippen LogP contribution in [-0.4, -0.2) is 23.1 Å². The van der Waals surface area contributed by atoms with Crippen molar-refractivity contribution in [1.29, 1.82) is 0 Å². The van der Waals surface area contributed by atoms with Crippen LogP contribution in [0.4, 0.5) is 0 Å². The number of hydrogen-bond donors (Lipinski definition) is 1. The average molecular weight is 277 g/mol. The largest absolute Gasteiger partial charge is 0.491 e. The highest BCUT2D eigenvalue weighted by Crippen LogP contribution is 2.18. The summed E-state index contributed by atoms with van der Waals surface area (Å²) < 4.78 is 5.84. The molecule has 4 nitrogen and oxygen atoms in total. The molecule has 0 aromatic carbocycles. The Hall–Kier alpha value is -1.46. The second-order valence-electron chi connectivity index (χ2n) is 4.22. The molecule has 0 radical (unpaired) electrons. The summed E-state index contributed by atoms with van der Waals surface area (Å²) in [6.45, 7) is 6.55. The van der Waals surface area contributed by atoms with Crippen LogP contribution in [0.25, 0.3) is 0 Å². The molecule has 2 heterocycles. The predicted octanol–water partition coefficient (Wildman–Crippen LogP) is 2.58. The van der Waals surface area contributed by atoms with Gasteiger partial charge >= 0.3 is 0 Å². The van der Waals surface area contributed by atoms with Gasteiger partial charge in [-0.2, -0.15) is 0 Å². The zero-order valence-corrected chi connectivity index (χ0v) is 12.2. The average Bonchev–Trinajstić information content (AvgIpc) is 2.83. The molecule has 0 amide bonds. The molecular formula is C14H19N3OS. The number of nitrogens with one attached hydrogen (secondary N) is 1. The van der Waals surface area contributed by atoms with Crippen LogP contribution < -0.4 is 10.1 Å². The molecule has 0 unspecified atom stereocenters. The first-order valence-corrected chi connectivity index (χ1v) is 7.34. The van der Waals surface area contributed by atoms with Gasteiger partial charge in [0.25, 0.3) is 0 Å². The normalized spacial score (nSPS) is 10.6. The predicted molar refractivity (Wildman–Crippen MR) is 77.7 cm³/mol. The molecule has 2 aromatic heterocycles. The van der Waals surface area contributed by atoms with Crippen LogP contribution in [0.1, 0.15) is 23.1 Å². The number of aryl methyl sites for hydroxylation is 1. The maximum absolute atomic E-state index is 5.84. The SMILES string of the molecule is CCNCc1ccncc1OCCc1scnc1C. The highest BCUT2D eigenvalue weighted by atomic mass is 32.1. The molecule has 0 saturated carbocycles. The Kier molecular flexibility index (Phi) is 5.30. The van der Waals surface area contributed by atoms with Gasteiger partial charge in [-0.1, -0.05) is 6.92 Å². The Morgan fingerprint density at radius 3 is 3.05 bits per heavy atom. The fraction of sp³-hybridized carbons (Fsp3) is 0.429. The molecule has 0 aliphatic rings. The number of rotatable bonds is 7. The standard InChI is InChI=1S/C14H19N3OS/c1-3-15-8-12-4-6-16-9-13(12)18-7-5-14-11(2)17-10-19-14/h4,6,9-10,15H,3,5,7-8H2,1-2H3. The smallest absolute Gasteiger partial charge is 0.142 e. The first kappa shape index (κ1) is 14.0. The summed E-state index contributed by atoms with van der Waals surface area (Å²) in [4.78, 5) is 9.65. The number of nitrogens with zero attached hydrogens (tertiary/aromatic N) is 2. The van der Waals surface area contributed by atoms with Crippen molar-refractivity contribution in [3.05, 3.63) is 40.1 Å². The molecule has 1 N–H and O–H groups in total. The Labute approximate surface area is 117 Å². The molecule has 0 saturated heterocycles. The highest BCUT2D eigenvalue weighted by molar-refractivity contribution is 7.09. The Morgan fingerprint density at radius 2 is 2.32 bits per heavy atom. The number of hydrogen-bond acceptors (Lipinski definition) is 5. The maximum atomic E-state index is 5.84. The van der Waals surface area contributed by atoms with E-state index >= 15 is 0 Å². The van der Waals surface area contributed by atoms with E-state index in [1.165, 1.54) is 4.88 Å². The first-order valence-electron chi connectivity index (χ1n) is 6.46. The second kappa shape index (κ2) is 7.21. The molecule has 0 bridgehead atoms. The lowest BCUT2D eigenvalue weighted by atomic mass is 10.2. The van der Waals surface area contributed by atoms with E-state index < -0.39 is 0 Å². The number of thiazole rings is 1. The summed E-state index contributed by atoms with van der Waals surface area (Å²) in [7, 11) is 0. The third-order valence-corrected chi connectivity index (χ3v) is 3.86. The summed E-state index contributed by atoms with van der Waals surface area (Å²) in [6.07, 6.45) is 4.48. The molecule has 102 valence electrons. The second-order valence-corrected chi connectivity index (χ2v) is 5.16. The van der Waals surface area contributed by atoms with Crippen molar-refractivity contribution in [3.63, 3.8) is 0 Å². The zero-order valence-electron chi connectivity index (χ0n) is 11.3. The molecule has 0 aliphatic carbocycles. The van der Waals surface area contributed by atoms with E-state index in [9.17, 15) is 0 Å². The van der Waals surface area contributed by atoms with Crippen LogP contribution in [0, 0.1) is 6.92 Å². The monoisotopic (exact) mass is 277 g/mol. The van der Waals surface area contributed by atoms with Gasteiger partial charge in [0.1, 0.15) is 5.75 Å². The van der Waals surface area contributed by atoms with Crippen LogP contribution in [0.3, 0.4) is 0 Å². The molecule has 0 spiro atoms. The van der Waals surface area contributed by atoms with Crippen molar-refractivity contribution in [2.45, 2.75) is 26.8 Å². The summed E-state index contributed by atoms with van der Waals surface area (Å²) in [6, 6.07) is 2.00. The summed E-state index contributed by atoms with van der Waals surface area (Å²) >= 11 is 1.68. The minimum absolute atomic E-state index is 0.661. The Balaban J connectivity index is 1.90. The lowest BCUT2D eigenvalue weighted by Gasteiger charge is -2.10. The van der Waals surface area contributed by atoms with Gasteiger partial charge in [0.05, 0.1) is 24.0 Å². The van der Waals surface area contributed by atoms with Gasteiger partial charge in [0.2, 0.25) is 0 Å². The van der Waals surface area contributed by atoms with E-state index in [4.69, 9.17) is 4.74 Å². The Bertz CT molecular complexity index is 513. The van der Waals surface area contributed by atoms with Gasteiger partial charge in [0.15, 0.2) is 0 Å². The lowest BCUT2D eigenvalue weighted by Crippen LogP contribution is -2.13. The number of pyridine rings is 1. The van der Waals surface area contributed by atoms with E-state index in [1.807, 2.05) is 18.5 Å². The fourth-order valence-electron chi connectivity index (χ4n) is 1.76. The van der Waals surface area contributed by atoms with Gasteiger partial charge in [-0.3, -0.25) is 4.98 Å². The number of ether oxygens (including phenoxy) is 1.